The SMILES string of the molecule is Nc1ccccc1NC(=O)C=Cc1cccc(-c2nc3ccccc3n2-c2ccc(Cl)cc2)c1. The lowest BCUT2D eigenvalue weighted by Crippen LogP contribution is -2.09. The normalized spacial score (nSPS) is 11.2. The molecule has 5 aromatic rings. The number of imidazole rings is 1. The van der Waals surface area contributed by atoms with Gasteiger partial charge in [0.15, 0.2) is 0 Å². The molecule has 0 aliphatic rings. The molecule has 0 aliphatic heterocycles. The quantitative estimate of drug-likeness (QED) is 0.228. The van der Waals surface area contributed by atoms with Crippen LogP contribution in [0.1, 0.15) is 5.56 Å². The highest BCUT2D eigenvalue weighted by Crippen LogP contribution is 2.30. The van der Waals surface area contributed by atoms with E-state index >= 15 is 0 Å². The standard InChI is InChI=1S/C28H21ClN4O/c29-21-13-15-22(16-14-21)33-26-11-4-3-10-25(26)32-28(33)20-7-5-6-19(18-20)12-17-27(34)31-24-9-2-1-8-23(24)30/h1-18H,30H2,(H,31,34). The van der Waals surface area contributed by atoms with E-state index in [9.17, 15) is 4.79 Å². The summed E-state index contributed by atoms with van der Waals surface area (Å²) in [5, 5.41) is 3.48. The van der Waals surface area contributed by atoms with Crippen molar-refractivity contribution >= 4 is 46.0 Å². The van der Waals surface area contributed by atoms with E-state index in [1.807, 2.05) is 84.9 Å². The Morgan fingerprint density at radius 3 is 2.50 bits per heavy atom. The van der Waals surface area contributed by atoms with Crippen LogP contribution in [-0.2, 0) is 4.79 Å². The van der Waals surface area contributed by atoms with E-state index < -0.39 is 0 Å². The second-order valence-corrected chi connectivity index (χ2v) is 8.21. The zero-order valence-electron chi connectivity index (χ0n) is 18.2. The number of benzene rings is 4. The number of nitrogens with zero attached hydrogens (tertiary/aromatic N) is 2. The Morgan fingerprint density at radius 2 is 1.68 bits per heavy atom. The van der Waals surface area contributed by atoms with Gasteiger partial charge in [-0.25, -0.2) is 4.98 Å². The number of carbonyl (C=O) groups excluding carboxylic acids is 1. The first-order valence-electron chi connectivity index (χ1n) is 10.8. The molecule has 0 atom stereocenters. The number of carbonyl (C=O) groups is 1. The van der Waals surface area contributed by atoms with Crippen LogP contribution in [0.2, 0.25) is 5.02 Å². The minimum Gasteiger partial charge on any atom is -0.397 e. The smallest absolute Gasteiger partial charge is 0.248 e. The van der Waals surface area contributed by atoms with Crippen LogP contribution in [-0.4, -0.2) is 15.5 Å². The lowest BCUT2D eigenvalue weighted by molar-refractivity contribution is -0.111. The van der Waals surface area contributed by atoms with Gasteiger partial charge in [0.25, 0.3) is 0 Å². The molecule has 0 spiro atoms. The highest BCUT2D eigenvalue weighted by Gasteiger charge is 2.14. The summed E-state index contributed by atoms with van der Waals surface area (Å²) in [6.07, 6.45) is 3.26. The average Bonchev–Trinajstić information content (AvgIpc) is 3.25. The lowest BCUT2D eigenvalue weighted by atomic mass is 10.1. The molecule has 5 rings (SSSR count). The van der Waals surface area contributed by atoms with E-state index in [1.165, 1.54) is 6.08 Å². The summed E-state index contributed by atoms with van der Waals surface area (Å²) in [5.41, 5.74) is 11.7. The topological polar surface area (TPSA) is 72.9 Å². The van der Waals surface area contributed by atoms with Crippen LogP contribution < -0.4 is 11.1 Å². The summed E-state index contributed by atoms with van der Waals surface area (Å²) in [5.74, 6) is 0.553. The monoisotopic (exact) mass is 464 g/mol. The van der Waals surface area contributed by atoms with E-state index in [0.717, 1.165) is 33.7 Å². The maximum absolute atomic E-state index is 12.4. The Labute approximate surface area is 202 Å². The molecule has 6 heteroatoms. The molecular weight excluding hydrogens is 444 g/mol. The molecular formula is C28H21ClN4O. The molecule has 3 N–H and O–H groups in total. The number of aromatic nitrogens is 2. The summed E-state index contributed by atoms with van der Waals surface area (Å²) in [6.45, 7) is 0. The van der Waals surface area contributed by atoms with Crippen molar-refractivity contribution < 1.29 is 4.79 Å². The van der Waals surface area contributed by atoms with Crippen molar-refractivity contribution in [3.63, 3.8) is 0 Å². The largest absolute Gasteiger partial charge is 0.397 e. The van der Waals surface area contributed by atoms with Gasteiger partial charge in [-0.3, -0.25) is 9.36 Å². The van der Waals surface area contributed by atoms with Crippen molar-refractivity contribution in [2.24, 2.45) is 0 Å². The van der Waals surface area contributed by atoms with Gasteiger partial charge in [-0.1, -0.05) is 54.1 Å². The van der Waals surface area contributed by atoms with Crippen molar-refractivity contribution in [3.8, 4) is 17.1 Å². The van der Waals surface area contributed by atoms with Gasteiger partial charge < -0.3 is 11.1 Å². The second-order valence-electron chi connectivity index (χ2n) is 7.77. The molecule has 0 saturated heterocycles. The lowest BCUT2D eigenvalue weighted by Gasteiger charge is -2.10. The number of para-hydroxylation sites is 4. The number of halogens is 1. The van der Waals surface area contributed by atoms with E-state index in [-0.39, 0.29) is 5.91 Å². The van der Waals surface area contributed by atoms with Crippen LogP contribution in [0.15, 0.2) is 103 Å². The third-order valence-electron chi connectivity index (χ3n) is 5.44. The number of rotatable bonds is 5. The number of anilines is 2. The van der Waals surface area contributed by atoms with Crippen LogP contribution in [0.4, 0.5) is 11.4 Å². The van der Waals surface area contributed by atoms with Crippen molar-refractivity contribution in [1.29, 1.82) is 0 Å². The third-order valence-corrected chi connectivity index (χ3v) is 5.69. The molecule has 0 bridgehead atoms. The van der Waals surface area contributed by atoms with Gasteiger partial charge in [-0.15, -0.1) is 0 Å². The number of nitrogens with one attached hydrogen (secondary N) is 1. The van der Waals surface area contributed by atoms with Gasteiger partial charge in [0.2, 0.25) is 5.91 Å². The minimum absolute atomic E-state index is 0.253. The van der Waals surface area contributed by atoms with Crippen molar-refractivity contribution in [2.75, 3.05) is 11.1 Å². The first-order chi connectivity index (χ1) is 16.6. The molecule has 0 unspecified atom stereocenters. The number of hydrogen-bond acceptors (Lipinski definition) is 3. The van der Waals surface area contributed by atoms with Gasteiger partial charge >= 0.3 is 0 Å². The van der Waals surface area contributed by atoms with Crippen LogP contribution in [0.25, 0.3) is 34.2 Å². The fourth-order valence-electron chi connectivity index (χ4n) is 3.81. The summed E-state index contributed by atoms with van der Waals surface area (Å²) in [4.78, 5) is 17.3. The average molecular weight is 465 g/mol. The number of nitrogens with two attached hydrogens (primary N) is 1. The number of nitrogen functional groups attached to an aromatic ring is 1. The second kappa shape index (κ2) is 9.25. The maximum Gasteiger partial charge on any atom is 0.248 e. The molecule has 0 radical (unpaired) electrons. The maximum atomic E-state index is 12.4. The summed E-state index contributed by atoms with van der Waals surface area (Å²) in [6, 6.07) is 30.8. The molecule has 34 heavy (non-hydrogen) atoms. The Kier molecular flexibility index (Phi) is 5.85. The highest BCUT2D eigenvalue weighted by molar-refractivity contribution is 6.30. The van der Waals surface area contributed by atoms with Crippen LogP contribution >= 0.6 is 11.6 Å². The van der Waals surface area contributed by atoms with E-state index in [4.69, 9.17) is 22.3 Å². The fraction of sp³-hybridized carbons (Fsp3) is 0. The zero-order chi connectivity index (χ0) is 23.5. The van der Waals surface area contributed by atoms with Gasteiger partial charge in [-0.2, -0.15) is 0 Å². The zero-order valence-corrected chi connectivity index (χ0v) is 18.9. The molecule has 1 amide bonds. The number of amides is 1. The number of fused-ring (bicyclic) bond motifs is 1. The Bertz CT molecular complexity index is 1520. The highest BCUT2D eigenvalue weighted by atomic mass is 35.5. The summed E-state index contributed by atoms with van der Waals surface area (Å²) >= 11 is 6.12. The van der Waals surface area contributed by atoms with Crippen molar-refractivity contribution in [2.45, 2.75) is 0 Å². The predicted octanol–water partition coefficient (Wildman–Crippen LogP) is 6.58. The summed E-state index contributed by atoms with van der Waals surface area (Å²) < 4.78 is 2.11. The summed E-state index contributed by atoms with van der Waals surface area (Å²) in [7, 11) is 0. The first kappa shape index (κ1) is 21.5. The molecule has 0 aliphatic carbocycles. The van der Waals surface area contributed by atoms with Crippen LogP contribution in [0.5, 0.6) is 0 Å². The molecule has 4 aromatic carbocycles. The van der Waals surface area contributed by atoms with E-state index in [1.54, 1.807) is 18.2 Å². The molecule has 0 fully saturated rings. The van der Waals surface area contributed by atoms with Gasteiger partial charge in [-0.05, 0) is 66.2 Å². The Hall–Kier alpha value is -4.35. The molecule has 166 valence electrons. The molecule has 0 saturated carbocycles. The predicted molar refractivity (Wildman–Crippen MR) is 140 cm³/mol. The Balaban J connectivity index is 1.49. The first-order valence-corrected chi connectivity index (χ1v) is 11.1. The molecule has 5 nitrogen and oxygen atoms in total. The van der Waals surface area contributed by atoms with Crippen LogP contribution in [0.3, 0.4) is 0 Å². The molecule has 1 aromatic heterocycles. The Morgan fingerprint density at radius 1 is 0.912 bits per heavy atom. The van der Waals surface area contributed by atoms with E-state index in [0.29, 0.717) is 16.4 Å². The van der Waals surface area contributed by atoms with E-state index in [2.05, 4.69) is 9.88 Å². The van der Waals surface area contributed by atoms with Gasteiger partial charge in [0.1, 0.15) is 5.82 Å². The van der Waals surface area contributed by atoms with Crippen LogP contribution in [0, 0.1) is 0 Å². The molecule has 1 heterocycles. The van der Waals surface area contributed by atoms with Crippen molar-refractivity contribution in [3.05, 3.63) is 114 Å². The minimum atomic E-state index is -0.253. The van der Waals surface area contributed by atoms with Gasteiger partial charge in [0.05, 0.1) is 22.4 Å². The fourth-order valence-corrected chi connectivity index (χ4v) is 3.94. The van der Waals surface area contributed by atoms with Gasteiger partial charge in [0, 0.05) is 22.3 Å². The van der Waals surface area contributed by atoms with Crippen molar-refractivity contribution in [1.82, 2.24) is 9.55 Å². The number of hydrogen-bond donors (Lipinski definition) is 2. The third kappa shape index (κ3) is 4.42.